The topological polar surface area (TPSA) is 92.9 Å². The van der Waals surface area contributed by atoms with E-state index in [2.05, 4.69) is 4.98 Å². The van der Waals surface area contributed by atoms with Gasteiger partial charge in [0.05, 0.1) is 25.0 Å². The Labute approximate surface area is 147 Å². The van der Waals surface area contributed by atoms with E-state index in [9.17, 15) is 18.4 Å². The Balaban J connectivity index is 1.64. The molecule has 0 saturated carbocycles. The van der Waals surface area contributed by atoms with Crippen molar-refractivity contribution in [1.29, 1.82) is 0 Å². The number of aryl methyl sites for hydroxylation is 1. The summed E-state index contributed by atoms with van der Waals surface area (Å²) in [5.41, 5.74) is 0.0654. The number of aliphatic carboxylic acids is 1. The Morgan fingerprint density at radius 3 is 2.88 bits per heavy atom. The number of morpholine rings is 1. The van der Waals surface area contributed by atoms with Gasteiger partial charge in [-0.3, -0.25) is 4.79 Å². The van der Waals surface area contributed by atoms with Crippen molar-refractivity contribution in [3.05, 3.63) is 41.9 Å². The third-order valence-corrected chi connectivity index (χ3v) is 4.04. The van der Waals surface area contributed by atoms with Crippen LogP contribution in [0.3, 0.4) is 0 Å². The molecule has 26 heavy (non-hydrogen) atoms. The third-order valence-electron chi connectivity index (χ3n) is 4.04. The molecule has 1 fully saturated rings. The number of carbonyl (C=O) groups excluding carboxylic acids is 1. The van der Waals surface area contributed by atoms with Gasteiger partial charge in [-0.25, -0.2) is 18.6 Å². The lowest BCUT2D eigenvalue weighted by Gasteiger charge is -2.32. The van der Waals surface area contributed by atoms with E-state index in [-0.39, 0.29) is 55.7 Å². The Bertz CT molecular complexity index is 823. The van der Waals surface area contributed by atoms with Crippen LogP contribution in [0.15, 0.2) is 28.8 Å². The Hall–Kier alpha value is -2.81. The van der Waals surface area contributed by atoms with Crippen LogP contribution in [-0.2, 0) is 20.7 Å². The van der Waals surface area contributed by atoms with Gasteiger partial charge in [0, 0.05) is 25.5 Å². The molecule has 1 N–H and O–H groups in total. The number of rotatable bonds is 5. The van der Waals surface area contributed by atoms with Crippen LogP contribution in [0, 0.1) is 11.6 Å². The Morgan fingerprint density at radius 1 is 1.35 bits per heavy atom. The average Bonchev–Trinajstić information content (AvgIpc) is 3.08. The van der Waals surface area contributed by atoms with E-state index in [1.54, 1.807) is 0 Å². The zero-order chi connectivity index (χ0) is 18.7. The summed E-state index contributed by atoms with van der Waals surface area (Å²) >= 11 is 0. The van der Waals surface area contributed by atoms with E-state index in [4.69, 9.17) is 14.3 Å². The first-order valence-electron chi connectivity index (χ1n) is 7.96. The number of aromatic nitrogens is 1. The lowest BCUT2D eigenvalue weighted by molar-refractivity contribution is -0.158. The van der Waals surface area contributed by atoms with Gasteiger partial charge in [-0.2, -0.15) is 0 Å². The molecule has 2 heterocycles. The van der Waals surface area contributed by atoms with Crippen molar-refractivity contribution >= 4 is 11.9 Å². The summed E-state index contributed by atoms with van der Waals surface area (Å²) in [4.78, 5) is 28.7. The van der Waals surface area contributed by atoms with Crippen LogP contribution < -0.4 is 0 Å². The van der Waals surface area contributed by atoms with Gasteiger partial charge in [0.1, 0.15) is 11.6 Å². The Morgan fingerprint density at radius 2 is 2.15 bits per heavy atom. The molecule has 7 nitrogen and oxygen atoms in total. The first-order valence-corrected chi connectivity index (χ1v) is 7.96. The quantitative estimate of drug-likeness (QED) is 0.868. The zero-order valence-electron chi connectivity index (χ0n) is 13.7. The average molecular weight is 366 g/mol. The number of carboxylic acids is 1. The molecule has 2 aromatic rings. The normalized spacial score (nSPS) is 17.3. The number of carbonyl (C=O) groups is 2. The van der Waals surface area contributed by atoms with Gasteiger partial charge in [-0.05, 0) is 12.1 Å². The second-order valence-electron chi connectivity index (χ2n) is 5.76. The number of oxazole rings is 1. The molecule has 1 amide bonds. The smallest absolute Gasteiger partial charge is 0.328 e. The summed E-state index contributed by atoms with van der Waals surface area (Å²) in [5.74, 6) is -2.62. The molecule has 1 atom stereocenters. The van der Waals surface area contributed by atoms with E-state index >= 15 is 0 Å². The van der Waals surface area contributed by atoms with Crippen molar-refractivity contribution < 1.29 is 32.6 Å². The second-order valence-corrected chi connectivity index (χ2v) is 5.76. The summed E-state index contributed by atoms with van der Waals surface area (Å²) in [6.45, 7) is 0.435. The maximum Gasteiger partial charge on any atom is 0.328 e. The van der Waals surface area contributed by atoms with Crippen LogP contribution >= 0.6 is 0 Å². The SMILES string of the molecule is O=C(O)[C@@H]1COCCN1C(=O)CCc1ncc(-c2ccc(F)cc2F)o1. The Kier molecular flexibility index (Phi) is 5.27. The van der Waals surface area contributed by atoms with Gasteiger partial charge in [-0.1, -0.05) is 0 Å². The first-order chi connectivity index (χ1) is 12.5. The van der Waals surface area contributed by atoms with Crippen LogP contribution in [0.1, 0.15) is 12.3 Å². The molecule has 0 bridgehead atoms. The number of hydrogen-bond donors (Lipinski definition) is 1. The van der Waals surface area contributed by atoms with Crippen molar-refractivity contribution in [2.45, 2.75) is 18.9 Å². The van der Waals surface area contributed by atoms with E-state index in [1.807, 2.05) is 0 Å². The summed E-state index contributed by atoms with van der Waals surface area (Å²) in [6.07, 6.45) is 1.42. The van der Waals surface area contributed by atoms with Gasteiger partial charge in [-0.15, -0.1) is 0 Å². The molecule has 0 unspecified atom stereocenters. The number of halogens is 2. The summed E-state index contributed by atoms with van der Waals surface area (Å²) < 4.78 is 37.2. The van der Waals surface area contributed by atoms with E-state index in [0.29, 0.717) is 0 Å². The van der Waals surface area contributed by atoms with Crippen molar-refractivity contribution in [2.75, 3.05) is 19.8 Å². The number of hydrogen-bond acceptors (Lipinski definition) is 5. The van der Waals surface area contributed by atoms with Crippen LogP contribution in [0.2, 0.25) is 0 Å². The fraction of sp³-hybridized carbons (Fsp3) is 0.353. The summed E-state index contributed by atoms with van der Waals surface area (Å²) in [6, 6.07) is 2.08. The highest BCUT2D eigenvalue weighted by Crippen LogP contribution is 2.24. The van der Waals surface area contributed by atoms with Gasteiger partial charge in [0.25, 0.3) is 0 Å². The molecule has 1 aromatic carbocycles. The lowest BCUT2D eigenvalue weighted by atomic mass is 10.2. The van der Waals surface area contributed by atoms with Crippen LogP contribution in [-0.4, -0.2) is 52.7 Å². The van der Waals surface area contributed by atoms with Gasteiger partial charge >= 0.3 is 5.97 Å². The number of carboxylic acid groups (broad SMARTS) is 1. The van der Waals surface area contributed by atoms with Gasteiger partial charge < -0.3 is 19.2 Å². The standard InChI is InChI=1S/C17H16F2N2O5/c18-10-1-2-11(12(19)7-10)14-8-20-15(26-14)3-4-16(22)21-5-6-25-9-13(21)17(23)24/h1-2,7-8,13H,3-6,9H2,(H,23,24)/t13-/m0/s1. The summed E-state index contributed by atoms with van der Waals surface area (Å²) in [7, 11) is 0. The van der Waals surface area contributed by atoms with Crippen molar-refractivity contribution in [2.24, 2.45) is 0 Å². The highest BCUT2D eigenvalue weighted by molar-refractivity contribution is 5.84. The van der Waals surface area contributed by atoms with Gasteiger partial charge in [0.2, 0.25) is 5.91 Å². The monoisotopic (exact) mass is 366 g/mol. The third kappa shape index (κ3) is 3.88. The molecular weight excluding hydrogens is 350 g/mol. The fourth-order valence-electron chi connectivity index (χ4n) is 2.70. The minimum absolute atomic E-state index is 0.00433. The number of nitrogens with zero attached hydrogens (tertiary/aromatic N) is 2. The van der Waals surface area contributed by atoms with Crippen LogP contribution in [0.5, 0.6) is 0 Å². The van der Waals surface area contributed by atoms with Crippen molar-refractivity contribution in [3.63, 3.8) is 0 Å². The predicted molar refractivity (Wildman–Crippen MR) is 84.1 cm³/mol. The minimum Gasteiger partial charge on any atom is -0.480 e. The van der Waals surface area contributed by atoms with Crippen molar-refractivity contribution in [1.82, 2.24) is 9.88 Å². The molecule has 0 radical (unpaired) electrons. The molecule has 1 saturated heterocycles. The molecule has 1 aliphatic rings. The maximum atomic E-state index is 13.8. The fourth-order valence-corrected chi connectivity index (χ4v) is 2.70. The van der Waals surface area contributed by atoms with E-state index < -0.39 is 23.6 Å². The number of ether oxygens (including phenoxy) is 1. The van der Waals surface area contributed by atoms with Crippen LogP contribution in [0.25, 0.3) is 11.3 Å². The maximum absolute atomic E-state index is 13.8. The summed E-state index contributed by atoms with van der Waals surface area (Å²) in [5, 5.41) is 9.15. The number of benzene rings is 1. The molecule has 1 aromatic heterocycles. The van der Waals surface area contributed by atoms with E-state index in [1.165, 1.54) is 17.2 Å². The molecular formula is C17H16F2N2O5. The van der Waals surface area contributed by atoms with E-state index in [0.717, 1.165) is 12.1 Å². The van der Waals surface area contributed by atoms with Crippen LogP contribution in [0.4, 0.5) is 8.78 Å². The highest BCUT2D eigenvalue weighted by atomic mass is 19.1. The molecule has 0 aliphatic carbocycles. The highest BCUT2D eigenvalue weighted by Gasteiger charge is 2.32. The minimum atomic E-state index is -1.12. The molecule has 1 aliphatic heterocycles. The molecule has 138 valence electrons. The molecule has 3 rings (SSSR count). The lowest BCUT2D eigenvalue weighted by Crippen LogP contribution is -2.52. The largest absolute Gasteiger partial charge is 0.480 e. The zero-order valence-corrected chi connectivity index (χ0v) is 13.7. The molecule has 9 heteroatoms. The molecule has 0 spiro atoms. The van der Waals surface area contributed by atoms with Gasteiger partial charge in [0.15, 0.2) is 17.7 Å². The number of amides is 1. The second kappa shape index (κ2) is 7.61. The van der Waals surface area contributed by atoms with Crippen molar-refractivity contribution in [3.8, 4) is 11.3 Å². The predicted octanol–water partition coefficient (Wildman–Crippen LogP) is 1.86. The first kappa shape index (κ1) is 18.0.